The summed E-state index contributed by atoms with van der Waals surface area (Å²) in [5, 5.41) is 2.75. The number of hydrogen-bond acceptors (Lipinski definition) is 5. The zero-order valence-electron chi connectivity index (χ0n) is 12.5. The van der Waals surface area contributed by atoms with Crippen molar-refractivity contribution in [1.82, 2.24) is 9.62 Å². The number of halogens is 1. The number of carbonyl (C=O) groups is 2. The maximum atomic E-state index is 12.7. The molecule has 1 heterocycles. The Kier molecular flexibility index (Phi) is 5.61. The molecule has 0 radical (unpaired) electrons. The highest BCUT2D eigenvalue weighted by Gasteiger charge is 2.40. The number of nitrogens with zero attached hydrogens (tertiary/aromatic N) is 1. The number of nitrogens with one attached hydrogen (secondary N) is 1. The van der Waals surface area contributed by atoms with Gasteiger partial charge in [0.2, 0.25) is 10.0 Å². The van der Waals surface area contributed by atoms with Gasteiger partial charge in [0.05, 0.1) is 4.90 Å². The second kappa shape index (κ2) is 7.29. The average Bonchev–Trinajstić information content (AvgIpc) is 3.03. The average molecular weight is 361 g/mol. The highest BCUT2D eigenvalue weighted by molar-refractivity contribution is 7.89. The molecule has 1 aromatic carbocycles. The number of esters is 1. The van der Waals surface area contributed by atoms with Gasteiger partial charge in [0.15, 0.2) is 6.61 Å². The smallest absolute Gasteiger partial charge is 0.324 e. The Balaban J connectivity index is 2.15. The summed E-state index contributed by atoms with van der Waals surface area (Å²) in [4.78, 5) is 23.3. The lowest BCUT2D eigenvalue weighted by Gasteiger charge is -2.22. The Morgan fingerprint density at radius 3 is 2.61 bits per heavy atom. The van der Waals surface area contributed by atoms with Gasteiger partial charge in [-0.25, -0.2) is 8.42 Å². The lowest BCUT2D eigenvalue weighted by atomic mass is 10.2. The van der Waals surface area contributed by atoms with Crippen LogP contribution in [0.2, 0.25) is 5.02 Å². The standard InChI is InChI=1S/C14H17ClN2O5S/c1-16-13(18)9-22-14(19)12-3-2-8-17(12)23(20,21)11-6-4-10(15)5-7-11/h4-7,12H,2-3,8-9H2,1H3,(H,16,18). The summed E-state index contributed by atoms with van der Waals surface area (Å²) in [7, 11) is -2.40. The maximum absolute atomic E-state index is 12.7. The van der Waals surface area contributed by atoms with Gasteiger partial charge < -0.3 is 10.1 Å². The molecule has 0 spiro atoms. The molecule has 0 saturated carbocycles. The van der Waals surface area contributed by atoms with Crippen LogP contribution in [-0.2, 0) is 24.3 Å². The van der Waals surface area contributed by atoms with E-state index in [0.29, 0.717) is 17.9 Å². The molecule has 126 valence electrons. The molecule has 1 amide bonds. The highest BCUT2D eigenvalue weighted by Crippen LogP contribution is 2.27. The third-order valence-electron chi connectivity index (χ3n) is 3.52. The molecule has 1 aliphatic heterocycles. The van der Waals surface area contributed by atoms with Gasteiger partial charge in [-0.05, 0) is 37.1 Å². The van der Waals surface area contributed by atoms with E-state index in [1.165, 1.54) is 31.3 Å². The van der Waals surface area contributed by atoms with Crippen LogP contribution in [-0.4, -0.2) is 50.8 Å². The number of likely N-dealkylation sites (N-methyl/N-ethyl adjacent to an activating group) is 1. The van der Waals surface area contributed by atoms with E-state index in [0.717, 1.165) is 4.31 Å². The number of rotatable bonds is 5. The Morgan fingerprint density at radius 2 is 2.00 bits per heavy atom. The molecule has 7 nitrogen and oxygen atoms in total. The normalized spacial score (nSPS) is 18.6. The van der Waals surface area contributed by atoms with Gasteiger partial charge in [0, 0.05) is 18.6 Å². The van der Waals surface area contributed by atoms with Crippen LogP contribution in [0.1, 0.15) is 12.8 Å². The summed E-state index contributed by atoms with van der Waals surface area (Å²) in [6, 6.07) is 4.82. The second-order valence-corrected chi connectivity index (χ2v) is 7.34. The molecule has 23 heavy (non-hydrogen) atoms. The monoisotopic (exact) mass is 360 g/mol. The molecule has 2 rings (SSSR count). The Hall–Kier alpha value is -1.64. The van der Waals surface area contributed by atoms with Crippen molar-refractivity contribution in [2.24, 2.45) is 0 Å². The minimum atomic E-state index is -3.82. The zero-order valence-corrected chi connectivity index (χ0v) is 14.1. The van der Waals surface area contributed by atoms with E-state index >= 15 is 0 Å². The van der Waals surface area contributed by atoms with Crippen molar-refractivity contribution >= 4 is 33.5 Å². The molecule has 1 unspecified atom stereocenters. The number of hydrogen-bond donors (Lipinski definition) is 1. The van der Waals surface area contributed by atoms with Gasteiger partial charge in [-0.15, -0.1) is 0 Å². The fraction of sp³-hybridized carbons (Fsp3) is 0.429. The number of carbonyl (C=O) groups excluding carboxylic acids is 2. The van der Waals surface area contributed by atoms with Crippen molar-refractivity contribution in [1.29, 1.82) is 0 Å². The van der Waals surface area contributed by atoms with Crippen LogP contribution >= 0.6 is 11.6 Å². The van der Waals surface area contributed by atoms with Crippen molar-refractivity contribution in [2.45, 2.75) is 23.8 Å². The molecule has 1 atom stereocenters. The summed E-state index contributed by atoms with van der Waals surface area (Å²) in [5.41, 5.74) is 0. The van der Waals surface area contributed by atoms with Crippen LogP contribution in [0.15, 0.2) is 29.2 Å². The quantitative estimate of drug-likeness (QED) is 0.783. The predicted octanol–water partition coefficient (Wildman–Crippen LogP) is 0.782. The molecule has 1 aliphatic rings. The van der Waals surface area contributed by atoms with Gasteiger partial charge in [-0.1, -0.05) is 11.6 Å². The van der Waals surface area contributed by atoms with Crippen molar-refractivity contribution in [3.63, 3.8) is 0 Å². The third-order valence-corrected chi connectivity index (χ3v) is 5.69. The molecule has 1 aromatic rings. The van der Waals surface area contributed by atoms with Gasteiger partial charge in [0.25, 0.3) is 5.91 Å². The van der Waals surface area contributed by atoms with Gasteiger partial charge in [-0.2, -0.15) is 4.31 Å². The largest absolute Gasteiger partial charge is 0.454 e. The van der Waals surface area contributed by atoms with E-state index in [-0.39, 0.29) is 11.4 Å². The van der Waals surface area contributed by atoms with Crippen LogP contribution in [0, 0.1) is 0 Å². The second-order valence-electron chi connectivity index (χ2n) is 5.01. The Morgan fingerprint density at radius 1 is 1.35 bits per heavy atom. The molecular formula is C14H17ClN2O5S. The Labute approximate surface area is 139 Å². The fourth-order valence-electron chi connectivity index (χ4n) is 2.31. The lowest BCUT2D eigenvalue weighted by Crippen LogP contribution is -2.42. The molecule has 0 aliphatic carbocycles. The summed E-state index contributed by atoms with van der Waals surface area (Å²) in [6.45, 7) is -0.203. The number of ether oxygens (including phenoxy) is 1. The first kappa shape index (κ1) is 17.7. The first-order chi connectivity index (χ1) is 10.9. The van der Waals surface area contributed by atoms with Gasteiger partial charge in [0.1, 0.15) is 6.04 Å². The number of benzene rings is 1. The number of amides is 1. The van der Waals surface area contributed by atoms with Crippen LogP contribution in [0.4, 0.5) is 0 Å². The van der Waals surface area contributed by atoms with E-state index in [1.807, 2.05) is 0 Å². The molecule has 1 saturated heterocycles. The minimum Gasteiger partial charge on any atom is -0.454 e. The fourth-order valence-corrected chi connectivity index (χ4v) is 4.08. The minimum absolute atomic E-state index is 0.0629. The van der Waals surface area contributed by atoms with Crippen LogP contribution in [0.5, 0.6) is 0 Å². The van der Waals surface area contributed by atoms with Crippen molar-refractivity contribution in [3.8, 4) is 0 Å². The highest BCUT2D eigenvalue weighted by atomic mass is 35.5. The summed E-state index contributed by atoms with van der Waals surface area (Å²) in [6.07, 6.45) is 0.909. The van der Waals surface area contributed by atoms with Crippen molar-refractivity contribution in [3.05, 3.63) is 29.3 Å². The van der Waals surface area contributed by atoms with Crippen LogP contribution in [0.3, 0.4) is 0 Å². The van der Waals surface area contributed by atoms with Gasteiger partial charge >= 0.3 is 5.97 Å². The van der Waals surface area contributed by atoms with Crippen LogP contribution < -0.4 is 5.32 Å². The third kappa shape index (κ3) is 4.01. The molecule has 1 N–H and O–H groups in total. The molecular weight excluding hydrogens is 344 g/mol. The molecule has 1 fully saturated rings. The van der Waals surface area contributed by atoms with E-state index in [4.69, 9.17) is 16.3 Å². The topological polar surface area (TPSA) is 92.8 Å². The molecule has 0 aromatic heterocycles. The van der Waals surface area contributed by atoms with E-state index in [1.54, 1.807) is 0 Å². The summed E-state index contributed by atoms with van der Waals surface area (Å²) < 4.78 is 31.3. The van der Waals surface area contributed by atoms with E-state index < -0.39 is 34.5 Å². The van der Waals surface area contributed by atoms with Crippen LogP contribution in [0.25, 0.3) is 0 Å². The first-order valence-electron chi connectivity index (χ1n) is 7.01. The lowest BCUT2D eigenvalue weighted by molar-refractivity contribution is -0.151. The number of sulfonamides is 1. The summed E-state index contributed by atoms with van der Waals surface area (Å²) >= 11 is 5.76. The van der Waals surface area contributed by atoms with Crippen molar-refractivity contribution in [2.75, 3.05) is 20.2 Å². The first-order valence-corrected chi connectivity index (χ1v) is 8.82. The summed E-state index contributed by atoms with van der Waals surface area (Å²) in [5.74, 6) is -1.17. The SMILES string of the molecule is CNC(=O)COC(=O)C1CCCN1S(=O)(=O)c1ccc(Cl)cc1. The maximum Gasteiger partial charge on any atom is 0.324 e. The molecule has 9 heteroatoms. The van der Waals surface area contributed by atoms with E-state index in [2.05, 4.69) is 5.32 Å². The van der Waals surface area contributed by atoms with Crippen molar-refractivity contribution < 1.29 is 22.7 Å². The van der Waals surface area contributed by atoms with Gasteiger partial charge in [-0.3, -0.25) is 9.59 Å². The Bertz CT molecular complexity index is 690. The zero-order chi connectivity index (χ0) is 17.0. The predicted molar refractivity (Wildman–Crippen MR) is 83.4 cm³/mol. The molecule has 0 bridgehead atoms. The van der Waals surface area contributed by atoms with E-state index in [9.17, 15) is 18.0 Å².